The number of nitrogens with zero attached hydrogens (tertiary/aromatic N) is 3. The summed E-state index contributed by atoms with van der Waals surface area (Å²) in [5, 5.41) is 14.4. The predicted molar refractivity (Wildman–Crippen MR) is 99.3 cm³/mol. The van der Waals surface area contributed by atoms with E-state index in [2.05, 4.69) is 17.1 Å². The molecule has 0 saturated carbocycles. The quantitative estimate of drug-likeness (QED) is 0.678. The average Bonchev–Trinajstić information content (AvgIpc) is 3.37. The SMILES string of the molecule is Cc1scc(C(=O)N2CCC[C@@H](c3nnc(-c4ccsc4)o3)C2)c1C. The van der Waals surface area contributed by atoms with Gasteiger partial charge in [0.25, 0.3) is 5.91 Å². The topological polar surface area (TPSA) is 59.2 Å². The molecule has 0 spiro atoms. The molecule has 130 valence electrons. The molecule has 0 N–H and O–H groups in total. The van der Waals surface area contributed by atoms with Crippen LogP contribution in [0.3, 0.4) is 0 Å². The Morgan fingerprint density at radius 3 is 2.92 bits per heavy atom. The predicted octanol–water partition coefficient (Wildman–Crippen LogP) is 4.50. The number of amides is 1. The van der Waals surface area contributed by atoms with Crippen LogP contribution in [0.1, 0.15) is 45.4 Å². The summed E-state index contributed by atoms with van der Waals surface area (Å²) in [7, 11) is 0. The van der Waals surface area contributed by atoms with E-state index in [0.717, 1.165) is 36.1 Å². The average molecular weight is 374 g/mol. The summed E-state index contributed by atoms with van der Waals surface area (Å²) in [4.78, 5) is 16.0. The monoisotopic (exact) mass is 373 g/mol. The van der Waals surface area contributed by atoms with Crippen molar-refractivity contribution in [3.8, 4) is 11.5 Å². The van der Waals surface area contributed by atoms with Gasteiger partial charge >= 0.3 is 0 Å². The van der Waals surface area contributed by atoms with Gasteiger partial charge in [0.1, 0.15) is 0 Å². The van der Waals surface area contributed by atoms with Gasteiger partial charge in [-0.15, -0.1) is 21.5 Å². The second-order valence-corrected chi connectivity index (χ2v) is 8.24. The van der Waals surface area contributed by atoms with Crippen LogP contribution >= 0.6 is 22.7 Å². The Labute approximate surface area is 154 Å². The van der Waals surface area contributed by atoms with Crippen LogP contribution in [0.25, 0.3) is 11.5 Å². The molecule has 4 rings (SSSR count). The van der Waals surface area contributed by atoms with Crippen molar-refractivity contribution in [1.82, 2.24) is 15.1 Å². The molecule has 0 radical (unpaired) electrons. The van der Waals surface area contributed by atoms with E-state index in [1.54, 1.807) is 22.7 Å². The van der Waals surface area contributed by atoms with Crippen molar-refractivity contribution in [2.75, 3.05) is 13.1 Å². The van der Waals surface area contributed by atoms with Gasteiger partial charge in [0.15, 0.2) is 0 Å². The molecule has 0 bridgehead atoms. The van der Waals surface area contributed by atoms with E-state index in [1.165, 1.54) is 4.88 Å². The lowest BCUT2D eigenvalue weighted by molar-refractivity contribution is 0.0698. The third-order valence-corrected chi connectivity index (χ3v) is 6.48. The van der Waals surface area contributed by atoms with Gasteiger partial charge in [-0.3, -0.25) is 4.79 Å². The van der Waals surface area contributed by atoms with Crippen molar-refractivity contribution in [1.29, 1.82) is 0 Å². The van der Waals surface area contributed by atoms with Crippen LogP contribution in [-0.2, 0) is 0 Å². The number of piperidine rings is 1. The maximum atomic E-state index is 12.9. The van der Waals surface area contributed by atoms with E-state index in [-0.39, 0.29) is 11.8 Å². The van der Waals surface area contributed by atoms with Gasteiger partial charge < -0.3 is 9.32 Å². The van der Waals surface area contributed by atoms with E-state index in [9.17, 15) is 4.79 Å². The molecular formula is C18H19N3O2S2. The van der Waals surface area contributed by atoms with Crippen molar-refractivity contribution < 1.29 is 9.21 Å². The van der Waals surface area contributed by atoms with Gasteiger partial charge in [-0.05, 0) is 43.7 Å². The minimum absolute atomic E-state index is 0.109. The zero-order chi connectivity index (χ0) is 17.4. The minimum Gasteiger partial charge on any atom is -0.420 e. The summed E-state index contributed by atoms with van der Waals surface area (Å²) in [5.41, 5.74) is 2.87. The minimum atomic E-state index is 0.109. The van der Waals surface area contributed by atoms with Crippen molar-refractivity contribution in [3.05, 3.63) is 44.1 Å². The number of thiophene rings is 2. The molecule has 1 aliphatic heterocycles. The largest absolute Gasteiger partial charge is 0.420 e. The molecule has 5 nitrogen and oxygen atoms in total. The Kier molecular flexibility index (Phi) is 4.43. The van der Waals surface area contributed by atoms with Gasteiger partial charge in [-0.2, -0.15) is 11.3 Å². The van der Waals surface area contributed by atoms with Gasteiger partial charge in [0.2, 0.25) is 11.8 Å². The molecule has 0 aliphatic carbocycles. The Morgan fingerprint density at radius 2 is 2.20 bits per heavy atom. The molecule has 1 aliphatic rings. The Morgan fingerprint density at radius 1 is 1.32 bits per heavy atom. The van der Waals surface area contributed by atoms with Crippen molar-refractivity contribution >= 4 is 28.6 Å². The molecule has 3 aromatic heterocycles. The number of carbonyl (C=O) groups is 1. The molecule has 25 heavy (non-hydrogen) atoms. The van der Waals surface area contributed by atoms with Crippen LogP contribution < -0.4 is 0 Å². The lowest BCUT2D eigenvalue weighted by Gasteiger charge is -2.31. The normalized spacial score (nSPS) is 17.8. The second-order valence-electron chi connectivity index (χ2n) is 6.38. The first-order valence-corrected chi connectivity index (χ1v) is 10.2. The maximum absolute atomic E-state index is 12.9. The zero-order valence-corrected chi connectivity index (χ0v) is 15.8. The van der Waals surface area contributed by atoms with Gasteiger partial charge in [0, 0.05) is 34.3 Å². The number of rotatable bonds is 3. The first-order chi connectivity index (χ1) is 12.1. The molecule has 1 atom stereocenters. The van der Waals surface area contributed by atoms with Crippen molar-refractivity contribution in [2.45, 2.75) is 32.6 Å². The van der Waals surface area contributed by atoms with Crippen LogP contribution in [0.4, 0.5) is 0 Å². The first-order valence-electron chi connectivity index (χ1n) is 8.33. The Bertz CT molecular complexity index is 882. The Hall–Kier alpha value is -1.99. The summed E-state index contributed by atoms with van der Waals surface area (Å²) in [5.74, 6) is 1.42. The molecule has 4 heterocycles. The molecule has 0 unspecified atom stereocenters. The number of aromatic nitrogens is 2. The van der Waals surface area contributed by atoms with Crippen LogP contribution in [0.15, 0.2) is 26.6 Å². The van der Waals surface area contributed by atoms with Crippen LogP contribution in [-0.4, -0.2) is 34.1 Å². The van der Waals surface area contributed by atoms with Crippen LogP contribution in [0.5, 0.6) is 0 Å². The van der Waals surface area contributed by atoms with E-state index in [4.69, 9.17) is 4.42 Å². The molecular weight excluding hydrogens is 354 g/mol. The summed E-state index contributed by atoms with van der Waals surface area (Å²) < 4.78 is 5.88. The lowest BCUT2D eigenvalue weighted by atomic mass is 9.97. The standard InChI is InChI=1S/C18H19N3O2S2/c1-11-12(2)25-10-15(11)18(22)21-6-3-4-13(8-21)16-19-20-17(23-16)14-5-7-24-9-14/h5,7,9-10,13H,3-4,6,8H2,1-2H3/t13-/m1/s1. The lowest BCUT2D eigenvalue weighted by Crippen LogP contribution is -2.39. The summed E-state index contributed by atoms with van der Waals surface area (Å²) in [6.07, 6.45) is 1.92. The smallest absolute Gasteiger partial charge is 0.254 e. The van der Waals surface area contributed by atoms with Crippen LogP contribution in [0, 0.1) is 13.8 Å². The van der Waals surface area contributed by atoms with E-state index in [1.807, 2.05) is 34.0 Å². The summed E-state index contributed by atoms with van der Waals surface area (Å²) in [6.45, 7) is 5.50. The highest BCUT2D eigenvalue weighted by Crippen LogP contribution is 2.31. The molecule has 1 saturated heterocycles. The van der Waals surface area contributed by atoms with E-state index < -0.39 is 0 Å². The molecule has 1 fully saturated rings. The second kappa shape index (κ2) is 6.72. The van der Waals surface area contributed by atoms with Gasteiger partial charge in [-0.25, -0.2) is 0 Å². The summed E-state index contributed by atoms with van der Waals surface area (Å²) in [6, 6.07) is 1.97. The summed E-state index contributed by atoms with van der Waals surface area (Å²) >= 11 is 3.24. The first kappa shape index (κ1) is 16.5. The fraction of sp³-hybridized carbons (Fsp3) is 0.389. The molecule has 0 aromatic carbocycles. The van der Waals surface area contributed by atoms with E-state index in [0.29, 0.717) is 18.3 Å². The van der Waals surface area contributed by atoms with E-state index >= 15 is 0 Å². The van der Waals surface area contributed by atoms with Crippen LogP contribution in [0.2, 0.25) is 0 Å². The van der Waals surface area contributed by atoms with Gasteiger partial charge in [0.05, 0.1) is 11.5 Å². The third-order valence-electron chi connectivity index (χ3n) is 4.78. The highest BCUT2D eigenvalue weighted by atomic mass is 32.1. The molecule has 7 heteroatoms. The number of aryl methyl sites for hydroxylation is 1. The molecule has 1 amide bonds. The highest BCUT2D eigenvalue weighted by Gasteiger charge is 2.30. The fourth-order valence-corrected chi connectivity index (χ4v) is 4.65. The maximum Gasteiger partial charge on any atom is 0.254 e. The number of hydrogen-bond donors (Lipinski definition) is 0. The molecule has 3 aromatic rings. The highest BCUT2D eigenvalue weighted by molar-refractivity contribution is 7.10. The Balaban J connectivity index is 1.51. The number of carbonyl (C=O) groups excluding carboxylic acids is 1. The van der Waals surface area contributed by atoms with Crippen molar-refractivity contribution in [3.63, 3.8) is 0 Å². The number of hydrogen-bond acceptors (Lipinski definition) is 6. The van der Waals surface area contributed by atoms with Crippen molar-refractivity contribution in [2.24, 2.45) is 0 Å². The number of likely N-dealkylation sites (tertiary alicyclic amines) is 1. The third kappa shape index (κ3) is 3.14. The van der Waals surface area contributed by atoms with Gasteiger partial charge in [-0.1, -0.05) is 0 Å². The zero-order valence-electron chi connectivity index (χ0n) is 14.2. The fourth-order valence-electron chi connectivity index (χ4n) is 3.16.